The van der Waals surface area contributed by atoms with Crippen molar-refractivity contribution in [3.63, 3.8) is 0 Å². The summed E-state index contributed by atoms with van der Waals surface area (Å²) in [6.07, 6.45) is 7.09. The minimum atomic E-state index is -0.351. The number of hydrogen-bond donors (Lipinski definition) is 1. The Balaban J connectivity index is 1.71. The van der Waals surface area contributed by atoms with Gasteiger partial charge in [0, 0.05) is 0 Å². The van der Waals surface area contributed by atoms with E-state index in [0.29, 0.717) is 22.8 Å². The van der Waals surface area contributed by atoms with Crippen molar-refractivity contribution in [1.82, 2.24) is 5.32 Å². The molecule has 1 aromatic heterocycles. The van der Waals surface area contributed by atoms with Gasteiger partial charge in [-0.05, 0) is 12.0 Å². The lowest BCUT2D eigenvalue weighted by Gasteiger charge is -2.05. The van der Waals surface area contributed by atoms with Gasteiger partial charge in [0.15, 0.2) is 5.06 Å². The van der Waals surface area contributed by atoms with E-state index in [1.54, 1.807) is 0 Å². The minimum Gasteiger partial charge on any atom is -0.483 e. The zero-order valence-electron chi connectivity index (χ0n) is 14.5. The van der Waals surface area contributed by atoms with Crippen LogP contribution in [0.5, 0.6) is 5.06 Å². The van der Waals surface area contributed by atoms with E-state index in [1.807, 2.05) is 30.3 Å². The van der Waals surface area contributed by atoms with Crippen molar-refractivity contribution in [1.29, 1.82) is 0 Å². The molecule has 2 amide bonds. The van der Waals surface area contributed by atoms with Gasteiger partial charge >= 0.3 is 0 Å². The summed E-state index contributed by atoms with van der Waals surface area (Å²) >= 11 is 1.39. The van der Waals surface area contributed by atoms with Crippen molar-refractivity contribution in [3.8, 4) is 15.5 Å². The second-order valence-corrected chi connectivity index (χ2v) is 7.22. The third kappa shape index (κ3) is 3.93. The summed E-state index contributed by atoms with van der Waals surface area (Å²) in [4.78, 5) is 25.1. The molecular weight excluding hydrogens is 334 g/mol. The van der Waals surface area contributed by atoms with Crippen LogP contribution in [0.15, 0.2) is 30.3 Å². The normalized spacial score (nSPS) is 13.0. The van der Waals surface area contributed by atoms with Crippen LogP contribution in [-0.4, -0.2) is 18.4 Å². The van der Waals surface area contributed by atoms with Crippen LogP contribution in [0.1, 0.15) is 66.2 Å². The van der Waals surface area contributed by atoms with E-state index in [1.165, 1.54) is 37.0 Å². The lowest BCUT2D eigenvalue weighted by Crippen LogP contribution is -2.20. The standard InChI is InChI=1S/C20H23NO3S/c1-2-3-4-5-6-10-13-24-20-16-15(18(22)21-19(16)23)17(25-20)14-11-8-7-9-12-14/h7-9,11-12H,2-6,10,13H2,1H3,(H,21,22,23). The first-order chi connectivity index (χ1) is 12.2. The third-order valence-corrected chi connectivity index (χ3v) is 5.48. The summed E-state index contributed by atoms with van der Waals surface area (Å²) in [5.74, 6) is -0.680. The molecule has 0 fully saturated rings. The summed E-state index contributed by atoms with van der Waals surface area (Å²) in [6.45, 7) is 2.78. The van der Waals surface area contributed by atoms with Gasteiger partial charge in [0.05, 0.1) is 17.0 Å². The largest absolute Gasteiger partial charge is 0.483 e. The van der Waals surface area contributed by atoms with E-state index in [0.717, 1.165) is 23.3 Å². The van der Waals surface area contributed by atoms with E-state index >= 15 is 0 Å². The van der Waals surface area contributed by atoms with Gasteiger partial charge in [-0.15, -0.1) is 0 Å². The molecule has 0 unspecified atom stereocenters. The molecule has 0 spiro atoms. The fourth-order valence-electron chi connectivity index (χ4n) is 3.00. The predicted octanol–water partition coefficient (Wildman–Crippen LogP) is 5.04. The van der Waals surface area contributed by atoms with Gasteiger partial charge < -0.3 is 4.74 Å². The second-order valence-electron chi connectivity index (χ2n) is 6.23. The van der Waals surface area contributed by atoms with Crippen molar-refractivity contribution in [2.75, 3.05) is 6.61 Å². The second kappa shape index (κ2) is 8.30. The smallest absolute Gasteiger partial charge is 0.263 e. The van der Waals surface area contributed by atoms with Crippen LogP contribution in [0.3, 0.4) is 0 Å². The number of amides is 2. The van der Waals surface area contributed by atoms with E-state index in [4.69, 9.17) is 4.74 Å². The molecule has 0 radical (unpaired) electrons. The molecule has 0 saturated heterocycles. The number of nitrogens with one attached hydrogen (secondary N) is 1. The average molecular weight is 357 g/mol. The molecule has 3 rings (SSSR count). The molecule has 5 heteroatoms. The van der Waals surface area contributed by atoms with Gasteiger partial charge in [-0.1, -0.05) is 80.7 Å². The van der Waals surface area contributed by atoms with E-state index in [9.17, 15) is 9.59 Å². The number of hydrogen-bond acceptors (Lipinski definition) is 4. The molecule has 0 saturated carbocycles. The highest BCUT2D eigenvalue weighted by atomic mass is 32.1. The molecule has 132 valence electrons. The number of benzene rings is 1. The SMILES string of the molecule is CCCCCCCCOc1sc(-c2ccccc2)c2c1C(=O)NC2=O. The Morgan fingerprint density at radius 3 is 2.36 bits per heavy atom. The van der Waals surface area contributed by atoms with Gasteiger partial charge in [0.2, 0.25) is 0 Å². The zero-order chi connectivity index (χ0) is 17.6. The maximum Gasteiger partial charge on any atom is 0.263 e. The fraction of sp³-hybridized carbons (Fsp3) is 0.400. The molecule has 2 heterocycles. The van der Waals surface area contributed by atoms with Crippen molar-refractivity contribution in [2.24, 2.45) is 0 Å². The Bertz CT molecular complexity index is 752. The lowest BCUT2D eigenvalue weighted by molar-refractivity contribution is 0.0878. The number of fused-ring (bicyclic) bond motifs is 1. The monoisotopic (exact) mass is 357 g/mol. The Morgan fingerprint density at radius 2 is 1.60 bits per heavy atom. The topological polar surface area (TPSA) is 55.4 Å². The van der Waals surface area contributed by atoms with Gasteiger partial charge in [-0.25, -0.2) is 0 Å². The first kappa shape index (κ1) is 17.7. The van der Waals surface area contributed by atoms with Gasteiger partial charge in [-0.3, -0.25) is 14.9 Å². The highest BCUT2D eigenvalue weighted by Gasteiger charge is 2.36. The highest BCUT2D eigenvalue weighted by Crippen LogP contribution is 2.43. The zero-order valence-corrected chi connectivity index (χ0v) is 15.3. The molecule has 1 N–H and O–H groups in total. The Morgan fingerprint density at radius 1 is 0.920 bits per heavy atom. The van der Waals surface area contributed by atoms with Gasteiger partial charge in [0.1, 0.15) is 5.56 Å². The predicted molar refractivity (Wildman–Crippen MR) is 100 cm³/mol. The lowest BCUT2D eigenvalue weighted by atomic mass is 10.1. The molecular formula is C20H23NO3S. The van der Waals surface area contributed by atoms with Crippen molar-refractivity contribution in [3.05, 3.63) is 41.5 Å². The van der Waals surface area contributed by atoms with Crippen LogP contribution < -0.4 is 10.1 Å². The highest BCUT2D eigenvalue weighted by molar-refractivity contribution is 7.18. The molecule has 4 nitrogen and oxygen atoms in total. The first-order valence-electron chi connectivity index (χ1n) is 8.93. The maximum atomic E-state index is 12.2. The Labute approximate surface area is 152 Å². The summed E-state index contributed by atoms with van der Waals surface area (Å²) < 4.78 is 5.88. The summed E-state index contributed by atoms with van der Waals surface area (Å²) in [5.41, 5.74) is 1.79. The van der Waals surface area contributed by atoms with E-state index < -0.39 is 0 Å². The van der Waals surface area contributed by atoms with Crippen molar-refractivity contribution in [2.45, 2.75) is 45.4 Å². The molecule has 0 bridgehead atoms. The molecule has 2 aromatic rings. The first-order valence-corrected chi connectivity index (χ1v) is 9.74. The number of ether oxygens (including phenoxy) is 1. The molecule has 1 aliphatic rings. The van der Waals surface area contributed by atoms with Crippen LogP contribution in [0, 0.1) is 0 Å². The van der Waals surface area contributed by atoms with Gasteiger partial charge in [-0.2, -0.15) is 0 Å². The maximum absolute atomic E-state index is 12.2. The Hall–Kier alpha value is -2.14. The summed E-state index contributed by atoms with van der Waals surface area (Å²) in [6, 6.07) is 9.66. The molecule has 1 aromatic carbocycles. The third-order valence-electron chi connectivity index (χ3n) is 4.32. The molecule has 1 aliphatic heterocycles. The summed E-state index contributed by atoms with van der Waals surface area (Å²) in [7, 11) is 0. The van der Waals surface area contributed by atoms with Gasteiger partial charge in [0.25, 0.3) is 11.8 Å². The summed E-state index contributed by atoms with van der Waals surface area (Å²) in [5, 5.41) is 2.95. The van der Waals surface area contributed by atoms with E-state index in [2.05, 4.69) is 12.2 Å². The quantitative estimate of drug-likeness (QED) is 0.505. The molecule has 25 heavy (non-hydrogen) atoms. The molecule has 0 aliphatic carbocycles. The van der Waals surface area contributed by atoms with E-state index in [-0.39, 0.29) is 11.8 Å². The van der Waals surface area contributed by atoms with Crippen LogP contribution in [0.2, 0.25) is 0 Å². The number of carbonyl (C=O) groups excluding carboxylic acids is 2. The average Bonchev–Trinajstić information content (AvgIpc) is 3.14. The van der Waals surface area contributed by atoms with Crippen molar-refractivity contribution >= 4 is 23.2 Å². The van der Waals surface area contributed by atoms with Crippen LogP contribution in [0.25, 0.3) is 10.4 Å². The van der Waals surface area contributed by atoms with Crippen molar-refractivity contribution < 1.29 is 14.3 Å². The number of unbranched alkanes of at least 4 members (excludes halogenated alkanes) is 5. The fourth-order valence-corrected chi connectivity index (χ4v) is 4.18. The number of thiophene rings is 1. The van der Waals surface area contributed by atoms with Crippen LogP contribution in [-0.2, 0) is 0 Å². The number of imide groups is 1. The Kier molecular flexibility index (Phi) is 5.87. The van der Waals surface area contributed by atoms with Crippen LogP contribution >= 0.6 is 11.3 Å². The minimum absolute atomic E-state index is 0.329. The molecule has 0 atom stereocenters. The number of carbonyl (C=O) groups is 2. The van der Waals surface area contributed by atoms with Crippen LogP contribution in [0.4, 0.5) is 0 Å². The number of rotatable bonds is 9.